The molecule has 2 heterocycles. The minimum Gasteiger partial charge on any atom is -0.497 e. The molecule has 2 aliphatic rings. The summed E-state index contributed by atoms with van der Waals surface area (Å²) in [5.74, 6) is 1.41. The van der Waals surface area contributed by atoms with Gasteiger partial charge in [-0.05, 0) is 54.1 Å². The maximum Gasteiger partial charge on any atom is 0.268 e. The molecule has 1 saturated carbocycles. The monoisotopic (exact) mass is 520 g/mol. The third-order valence-electron chi connectivity index (χ3n) is 6.90. The van der Waals surface area contributed by atoms with E-state index in [2.05, 4.69) is 5.32 Å². The van der Waals surface area contributed by atoms with Gasteiger partial charge >= 0.3 is 0 Å². The van der Waals surface area contributed by atoms with Crippen molar-refractivity contribution in [1.29, 1.82) is 0 Å². The van der Waals surface area contributed by atoms with Crippen LogP contribution in [-0.4, -0.2) is 42.6 Å². The summed E-state index contributed by atoms with van der Waals surface area (Å²) in [5, 5.41) is 5.18. The van der Waals surface area contributed by atoms with Crippen LogP contribution < -0.4 is 19.5 Å². The fraction of sp³-hybridized carbons (Fsp3) is 0.379. The van der Waals surface area contributed by atoms with Crippen molar-refractivity contribution >= 4 is 23.2 Å². The van der Waals surface area contributed by atoms with Crippen molar-refractivity contribution in [3.8, 4) is 17.2 Å². The predicted molar refractivity (Wildman–Crippen MR) is 142 cm³/mol. The van der Waals surface area contributed by atoms with Crippen molar-refractivity contribution in [2.24, 2.45) is 0 Å². The Bertz CT molecular complexity index is 1190. The van der Waals surface area contributed by atoms with Crippen molar-refractivity contribution < 1.29 is 23.8 Å². The molecule has 194 valence electrons. The molecule has 0 radical (unpaired) electrons. The maximum atomic E-state index is 14.1. The van der Waals surface area contributed by atoms with Crippen molar-refractivity contribution in [3.63, 3.8) is 0 Å². The first-order valence-electron chi connectivity index (χ1n) is 12.8. The maximum absolute atomic E-state index is 14.1. The molecule has 0 unspecified atom stereocenters. The molecule has 37 heavy (non-hydrogen) atoms. The van der Waals surface area contributed by atoms with E-state index in [9.17, 15) is 9.59 Å². The highest BCUT2D eigenvalue weighted by Crippen LogP contribution is 2.34. The minimum atomic E-state index is -0.863. The average Bonchev–Trinajstić information content (AvgIpc) is 3.47. The smallest absolute Gasteiger partial charge is 0.268 e. The number of hydrogen-bond acceptors (Lipinski definition) is 6. The Morgan fingerprint density at radius 3 is 2.49 bits per heavy atom. The molecule has 0 bridgehead atoms. The predicted octanol–water partition coefficient (Wildman–Crippen LogP) is 5.12. The Labute approximate surface area is 221 Å². The van der Waals surface area contributed by atoms with Gasteiger partial charge in [-0.25, -0.2) is 0 Å². The molecule has 2 aromatic carbocycles. The fourth-order valence-electron chi connectivity index (χ4n) is 4.95. The first-order chi connectivity index (χ1) is 18.1. The van der Waals surface area contributed by atoms with E-state index in [1.807, 2.05) is 60.0 Å². The molecule has 0 spiro atoms. The molecule has 5 rings (SSSR count). The zero-order chi connectivity index (χ0) is 25.6. The third-order valence-corrected chi connectivity index (χ3v) is 7.83. The Kier molecular flexibility index (Phi) is 7.94. The number of amides is 2. The summed E-state index contributed by atoms with van der Waals surface area (Å²) in [5.41, 5.74) is 0.887. The Hall–Kier alpha value is -3.52. The number of ether oxygens (including phenoxy) is 3. The van der Waals surface area contributed by atoms with Gasteiger partial charge in [0.25, 0.3) is 5.91 Å². The van der Waals surface area contributed by atoms with E-state index in [-0.39, 0.29) is 31.0 Å². The lowest BCUT2D eigenvalue weighted by atomic mass is 9.95. The van der Waals surface area contributed by atoms with Crippen LogP contribution in [0.3, 0.4) is 0 Å². The van der Waals surface area contributed by atoms with Crippen LogP contribution in [0.4, 0.5) is 0 Å². The van der Waals surface area contributed by atoms with E-state index < -0.39 is 12.1 Å². The molecule has 1 N–H and O–H groups in total. The lowest BCUT2D eigenvalue weighted by Gasteiger charge is -2.36. The van der Waals surface area contributed by atoms with Crippen LogP contribution in [0.15, 0.2) is 66.0 Å². The van der Waals surface area contributed by atoms with Crippen molar-refractivity contribution in [1.82, 2.24) is 10.2 Å². The van der Waals surface area contributed by atoms with Gasteiger partial charge in [0.1, 0.15) is 18.4 Å². The molecular formula is C29H32N2O5S. The molecule has 2 atom stereocenters. The number of fused-ring (bicyclic) bond motifs is 1. The molecule has 1 aliphatic heterocycles. The van der Waals surface area contributed by atoms with E-state index in [0.717, 1.165) is 41.9 Å². The van der Waals surface area contributed by atoms with E-state index in [0.29, 0.717) is 11.5 Å². The number of nitrogens with one attached hydrogen (secondary N) is 1. The first-order valence-corrected chi connectivity index (χ1v) is 13.7. The molecule has 8 heteroatoms. The van der Waals surface area contributed by atoms with E-state index >= 15 is 0 Å². The highest BCUT2D eigenvalue weighted by atomic mass is 32.1. The summed E-state index contributed by atoms with van der Waals surface area (Å²) < 4.78 is 17.2. The van der Waals surface area contributed by atoms with Crippen LogP contribution in [0.5, 0.6) is 17.2 Å². The second-order valence-electron chi connectivity index (χ2n) is 9.44. The van der Waals surface area contributed by atoms with Crippen LogP contribution in [0.2, 0.25) is 0 Å². The van der Waals surface area contributed by atoms with Crippen LogP contribution in [0, 0.1) is 0 Å². The number of rotatable bonds is 8. The summed E-state index contributed by atoms with van der Waals surface area (Å²) >= 11 is 1.47. The van der Waals surface area contributed by atoms with Gasteiger partial charge in [0.05, 0.1) is 7.11 Å². The van der Waals surface area contributed by atoms with E-state index in [1.54, 1.807) is 18.1 Å². The number of hydrogen-bond donors (Lipinski definition) is 1. The molecule has 0 saturated heterocycles. The van der Waals surface area contributed by atoms with Crippen molar-refractivity contribution in [2.75, 3.05) is 13.7 Å². The number of carbonyl (C=O) groups is 2. The summed E-state index contributed by atoms with van der Waals surface area (Å²) in [6.07, 6.45) is 4.48. The number of nitrogens with zero attached hydrogens (tertiary/aromatic N) is 1. The standard InChI is InChI=1S/C29H32N2O5S/c1-34-22-15-13-20(14-16-22)18-31(29(33)25-19-35-23-10-5-6-11-24(23)36-25)27(26-12-7-17-37-26)28(32)30-21-8-3-2-4-9-21/h5-7,10-17,21,25,27H,2-4,8-9,18-19H2,1H3,(H,30,32)/t25-,27+/m1/s1. The zero-order valence-electron chi connectivity index (χ0n) is 20.9. The molecule has 1 aliphatic carbocycles. The molecule has 3 aromatic rings. The highest BCUT2D eigenvalue weighted by Gasteiger charge is 2.39. The summed E-state index contributed by atoms with van der Waals surface area (Å²) in [7, 11) is 1.62. The molecule has 2 amide bonds. The molecular weight excluding hydrogens is 488 g/mol. The van der Waals surface area contributed by atoms with Gasteiger partial charge in [-0.15, -0.1) is 11.3 Å². The topological polar surface area (TPSA) is 77.1 Å². The number of benzene rings is 2. The molecule has 1 fully saturated rings. The first kappa shape index (κ1) is 25.1. The van der Waals surface area contributed by atoms with Gasteiger partial charge in [0.15, 0.2) is 11.5 Å². The van der Waals surface area contributed by atoms with E-state index in [1.165, 1.54) is 17.8 Å². The van der Waals surface area contributed by atoms with Gasteiger partial charge in [-0.3, -0.25) is 9.59 Å². The summed E-state index contributed by atoms with van der Waals surface area (Å²) in [6.45, 7) is 0.321. The average molecular weight is 521 g/mol. The summed E-state index contributed by atoms with van der Waals surface area (Å²) in [6, 6.07) is 18.0. The number of carbonyl (C=O) groups excluding carboxylic acids is 2. The second kappa shape index (κ2) is 11.7. The van der Waals surface area contributed by atoms with Crippen molar-refractivity contribution in [3.05, 3.63) is 76.5 Å². The molecule has 1 aromatic heterocycles. The van der Waals surface area contributed by atoms with Crippen molar-refractivity contribution in [2.45, 2.75) is 56.8 Å². The van der Waals surface area contributed by atoms with Gasteiger partial charge in [-0.1, -0.05) is 49.6 Å². The number of thiophene rings is 1. The molecule has 7 nitrogen and oxygen atoms in total. The summed E-state index contributed by atoms with van der Waals surface area (Å²) in [4.78, 5) is 30.4. The Morgan fingerprint density at radius 2 is 1.78 bits per heavy atom. The van der Waals surface area contributed by atoms with Gasteiger partial charge in [0, 0.05) is 17.5 Å². The Balaban J connectivity index is 1.46. The van der Waals surface area contributed by atoms with Crippen LogP contribution in [0.25, 0.3) is 0 Å². The van der Waals surface area contributed by atoms with Gasteiger partial charge < -0.3 is 24.4 Å². The minimum absolute atomic E-state index is 0.0797. The normalized spacial score (nSPS) is 18.0. The fourth-order valence-corrected chi connectivity index (χ4v) is 5.78. The largest absolute Gasteiger partial charge is 0.497 e. The quantitative estimate of drug-likeness (QED) is 0.446. The lowest BCUT2D eigenvalue weighted by Crippen LogP contribution is -2.51. The third kappa shape index (κ3) is 5.91. The van der Waals surface area contributed by atoms with Crippen LogP contribution in [-0.2, 0) is 16.1 Å². The highest BCUT2D eigenvalue weighted by molar-refractivity contribution is 7.10. The second-order valence-corrected chi connectivity index (χ2v) is 10.4. The Morgan fingerprint density at radius 1 is 1.03 bits per heavy atom. The zero-order valence-corrected chi connectivity index (χ0v) is 21.7. The van der Waals surface area contributed by atoms with Gasteiger partial charge in [-0.2, -0.15) is 0 Å². The SMILES string of the molecule is COc1ccc(CN(C(=O)[C@H]2COc3ccccc3O2)[C@H](C(=O)NC2CCCCC2)c2cccs2)cc1. The van der Waals surface area contributed by atoms with E-state index in [4.69, 9.17) is 14.2 Å². The number of para-hydroxylation sites is 2. The lowest BCUT2D eigenvalue weighted by molar-refractivity contribution is -0.149. The number of methoxy groups -OCH3 is 1. The van der Waals surface area contributed by atoms with Gasteiger partial charge in [0.2, 0.25) is 12.0 Å². The van der Waals surface area contributed by atoms with Crippen LogP contribution >= 0.6 is 11.3 Å². The van der Waals surface area contributed by atoms with Crippen LogP contribution in [0.1, 0.15) is 48.6 Å².